The van der Waals surface area contributed by atoms with Gasteiger partial charge in [0.05, 0.1) is 5.75 Å². The lowest BCUT2D eigenvalue weighted by Gasteiger charge is -2.07. The molecule has 104 valence electrons. The number of rotatable bonds is 6. The quantitative estimate of drug-likeness (QED) is 0.801. The number of amides is 1. The highest BCUT2D eigenvalue weighted by Crippen LogP contribution is 2.05. The molecule has 0 saturated heterocycles. The highest BCUT2D eigenvalue weighted by molar-refractivity contribution is 7.86. The standard InChI is InChI=1S/C13H16FNO3S/c1-9(2)15-13(17)8-19(18)7-12(16)10-4-3-5-11(14)6-10/h3-6,9H,7-8H2,1-2H3,(H,15,17). The van der Waals surface area contributed by atoms with Crippen LogP contribution < -0.4 is 5.32 Å². The van der Waals surface area contributed by atoms with Crippen LogP contribution in [0.15, 0.2) is 24.3 Å². The topological polar surface area (TPSA) is 63.2 Å². The van der Waals surface area contributed by atoms with E-state index in [-0.39, 0.29) is 29.0 Å². The lowest BCUT2D eigenvalue weighted by molar-refractivity contribution is -0.119. The minimum atomic E-state index is -1.59. The van der Waals surface area contributed by atoms with Crippen molar-refractivity contribution in [2.45, 2.75) is 19.9 Å². The number of benzene rings is 1. The van der Waals surface area contributed by atoms with Crippen LogP contribution in [0.3, 0.4) is 0 Å². The zero-order valence-corrected chi connectivity index (χ0v) is 11.6. The van der Waals surface area contributed by atoms with Crippen molar-refractivity contribution < 1.29 is 18.2 Å². The van der Waals surface area contributed by atoms with Crippen LogP contribution in [0.25, 0.3) is 0 Å². The summed E-state index contributed by atoms with van der Waals surface area (Å²) in [7, 11) is -1.59. The van der Waals surface area contributed by atoms with Gasteiger partial charge in [-0.05, 0) is 26.0 Å². The number of carbonyl (C=O) groups is 2. The maximum atomic E-state index is 12.9. The average Bonchev–Trinajstić information content (AvgIpc) is 2.27. The van der Waals surface area contributed by atoms with Crippen LogP contribution in [0.4, 0.5) is 4.39 Å². The second kappa shape index (κ2) is 7.13. The molecule has 0 fully saturated rings. The van der Waals surface area contributed by atoms with E-state index in [9.17, 15) is 18.2 Å². The maximum Gasteiger partial charge on any atom is 0.232 e. The molecule has 6 heteroatoms. The maximum absolute atomic E-state index is 12.9. The first-order valence-corrected chi connectivity index (χ1v) is 7.30. The SMILES string of the molecule is CC(C)NC(=O)CS(=O)CC(=O)c1cccc(F)c1. The number of hydrogen-bond donors (Lipinski definition) is 1. The molecular formula is C13H16FNO3S. The second-order valence-corrected chi connectivity index (χ2v) is 5.84. The Kier molecular flexibility index (Phi) is 5.82. The Morgan fingerprint density at radius 3 is 2.58 bits per heavy atom. The van der Waals surface area contributed by atoms with Crippen molar-refractivity contribution in [2.24, 2.45) is 0 Å². The van der Waals surface area contributed by atoms with E-state index < -0.39 is 22.4 Å². The van der Waals surface area contributed by atoms with Gasteiger partial charge in [-0.1, -0.05) is 12.1 Å². The van der Waals surface area contributed by atoms with Crippen molar-refractivity contribution >= 4 is 22.5 Å². The van der Waals surface area contributed by atoms with Gasteiger partial charge >= 0.3 is 0 Å². The summed E-state index contributed by atoms with van der Waals surface area (Å²) in [5.41, 5.74) is 0.164. The van der Waals surface area contributed by atoms with Gasteiger partial charge in [0.25, 0.3) is 0 Å². The molecule has 1 rings (SSSR count). The van der Waals surface area contributed by atoms with Crippen LogP contribution in [0, 0.1) is 5.82 Å². The Labute approximate surface area is 113 Å². The number of carbonyl (C=O) groups excluding carboxylic acids is 2. The zero-order valence-electron chi connectivity index (χ0n) is 10.8. The highest BCUT2D eigenvalue weighted by Gasteiger charge is 2.14. The van der Waals surface area contributed by atoms with Crippen molar-refractivity contribution in [1.82, 2.24) is 5.32 Å². The van der Waals surface area contributed by atoms with E-state index in [1.165, 1.54) is 18.2 Å². The predicted molar refractivity (Wildman–Crippen MR) is 71.9 cm³/mol. The fraction of sp³-hybridized carbons (Fsp3) is 0.385. The molecule has 0 aliphatic heterocycles. The Balaban J connectivity index is 2.53. The monoisotopic (exact) mass is 285 g/mol. The summed E-state index contributed by atoms with van der Waals surface area (Å²) >= 11 is 0. The van der Waals surface area contributed by atoms with Gasteiger partial charge in [-0.3, -0.25) is 13.8 Å². The Hall–Kier alpha value is -1.56. The third-order valence-corrected chi connectivity index (χ3v) is 3.35. The number of nitrogens with one attached hydrogen (secondary N) is 1. The van der Waals surface area contributed by atoms with Gasteiger partial charge in [-0.25, -0.2) is 4.39 Å². The lowest BCUT2D eigenvalue weighted by Crippen LogP contribution is -2.34. The molecule has 1 aromatic rings. The molecule has 0 heterocycles. The smallest absolute Gasteiger partial charge is 0.232 e. The van der Waals surface area contributed by atoms with E-state index in [1.54, 1.807) is 13.8 Å². The van der Waals surface area contributed by atoms with Crippen molar-refractivity contribution in [3.63, 3.8) is 0 Å². The van der Waals surface area contributed by atoms with Crippen molar-refractivity contribution in [1.29, 1.82) is 0 Å². The van der Waals surface area contributed by atoms with Crippen molar-refractivity contribution in [3.8, 4) is 0 Å². The number of Topliss-reactive ketones (excluding diaryl/α,β-unsaturated/α-hetero) is 1. The molecule has 1 amide bonds. The molecule has 0 aromatic heterocycles. The van der Waals surface area contributed by atoms with E-state index in [2.05, 4.69) is 5.32 Å². The molecule has 0 spiro atoms. The number of hydrogen-bond acceptors (Lipinski definition) is 3. The molecule has 1 unspecified atom stereocenters. The average molecular weight is 285 g/mol. The van der Waals surface area contributed by atoms with Gasteiger partial charge in [-0.2, -0.15) is 0 Å². The van der Waals surface area contributed by atoms with E-state index in [0.29, 0.717) is 0 Å². The van der Waals surface area contributed by atoms with Crippen LogP contribution >= 0.6 is 0 Å². The van der Waals surface area contributed by atoms with Crippen LogP contribution in [0.1, 0.15) is 24.2 Å². The summed E-state index contributed by atoms with van der Waals surface area (Å²) in [6.07, 6.45) is 0. The van der Waals surface area contributed by atoms with Gasteiger partial charge < -0.3 is 5.32 Å². The largest absolute Gasteiger partial charge is 0.353 e. The Morgan fingerprint density at radius 2 is 2.00 bits per heavy atom. The van der Waals surface area contributed by atoms with Crippen LogP contribution in [0.5, 0.6) is 0 Å². The highest BCUT2D eigenvalue weighted by atomic mass is 32.2. The van der Waals surface area contributed by atoms with Crippen LogP contribution in [0.2, 0.25) is 0 Å². The van der Waals surface area contributed by atoms with Crippen molar-refractivity contribution in [3.05, 3.63) is 35.6 Å². The first kappa shape index (κ1) is 15.5. The first-order valence-electron chi connectivity index (χ1n) is 5.81. The van der Waals surface area contributed by atoms with Gasteiger partial charge in [-0.15, -0.1) is 0 Å². The van der Waals surface area contributed by atoms with Crippen LogP contribution in [-0.2, 0) is 15.6 Å². The third kappa shape index (κ3) is 5.74. The van der Waals surface area contributed by atoms with E-state index in [4.69, 9.17) is 0 Å². The molecule has 0 aliphatic carbocycles. The Bertz CT molecular complexity index is 502. The lowest BCUT2D eigenvalue weighted by atomic mass is 10.1. The zero-order chi connectivity index (χ0) is 14.4. The van der Waals surface area contributed by atoms with E-state index >= 15 is 0 Å². The molecule has 1 aromatic carbocycles. The molecule has 0 bridgehead atoms. The van der Waals surface area contributed by atoms with Crippen molar-refractivity contribution in [2.75, 3.05) is 11.5 Å². The summed E-state index contributed by atoms with van der Waals surface area (Å²) in [5.74, 6) is -1.82. The summed E-state index contributed by atoms with van der Waals surface area (Å²) in [6.45, 7) is 3.58. The molecular weight excluding hydrogens is 269 g/mol. The fourth-order valence-corrected chi connectivity index (χ4v) is 2.39. The summed E-state index contributed by atoms with van der Waals surface area (Å²) in [6, 6.07) is 5.15. The number of ketones is 1. The summed E-state index contributed by atoms with van der Waals surface area (Å²) in [5, 5.41) is 2.59. The minimum absolute atomic E-state index is 0.0385. The summed E-state index contributed by atoms with van der Waals surface area (Å²) < 4.78 is 24.6. The van der Waals surface area contributed by atoms with E-state index in [1.807, 2.05) is 0 Å². The Morgan fingerprint density at radius 1 is 1.32 bits per heavy atom. The molecule has 19 heavy (non-hydrogen) atoms. The van der Waals surface area contributed by atoms with Gasteiger partial charge in [0.2, 0.25) is 5.91 Å². The molecule has 0 aliphatic rings. The second-order valence-electron chi connectivity index (χ2n) is 4.38. The fourth-order valence-electron chi connectivity index (χ4n) is 1.45. The molecule has 1 atom stereocenters. The number of halogens is 1. The molecule has 4 nitrogen and oxygen atoms in total. The molecule has 0 saturated carbocycles. The van der Waals surface area contributed by atoms with Gasteiger partial charge in [0.15, 0.2) is 5.78 Å². The third-order valence-electron chi connectivity index (χ3n) is 2.18. The minimum Gasteiger partial charge on any atom is -0.353 e. The predicted octanol–water partition coefficient (Wildman–Crippen LogP) is 1.28. The molecule has 0 radical (unpaired) electrons. The first-order chi connectivity index (χ1) is 8.88. The van der Waals surface area contributed by atoms with E-state index in [0.717, 1.165) is 6.07 Å². The van der Waals surface area contributed by atoms with Gasteiger partial charge in [0.1, 0.15) is 11.6 Å². The summed E-state index contributed by atoms with van der Waals surface area (Å²) in [4.78, 5) is 23.1. The molecule has 1 N–H and O–H groups in total. The van der Waals surface area contributed by atoms with Gasteiger partial charge in [0, 0.05) is 22.4 Å². The van der Waals surface area contributed by atoms with Crippen LogP contribution in [-0.4, -0.2) is 33.4 Å². The normalized spacial score (nSPS) is 12.2.